The predicted molar refractivity (Wildman–Crippen MR) is 117 cm³/mol. The third-order valence-corrected chi connectivity index (χ3v) is 4.80. The summed E-state index contributed by atoms with van der Waals surface area (Å²) in [7, 11) is 4.10. The summed E-state index contributed by atoms with van der Waals surface area (Å²) in [6.45, 7) is 3.75. The Morgan fingerprint density at radius 2 is 1.61 bits per heavy atom. The topological polar surface area (TPSA) is 43.1 Å². The molecule has 2 aromatic carbocycles. The van der Waals surface area contributed by atoms with Crippen molar-refractivity contribution in [1.82, 2.24) is 19.2 Å². The van der Waals surface area contributed by atoms with E-state index >= 15 is 0 Å². The molecule has 0 bridgehead atoms. The van der Waals surface area contributed by atoms with Gasteiger partial charge in [-0.1, -0.05) is 55.5 Å². The molecule has 0 saturated heterocycles. The first-order valence-electron chi connectivity index (χ1n) is 9.56. The van der Waals surface area contributed by atoms with Crippen molar-refractivity contribution in [2.75, 3.05) is 20.6 Å². The fourth-order valence-electron chi connectivity index (χ4n) is 3.41. The summed E-state index contributed by atoms with van der Waals surface area (Å²) in [5, 5.41) is 4.78. The predicted octanol–water partition coefficient (Wildman–Crippen LogP) is 3.95. The van der Waals surface area contributed by atoms with Crippen LogP contribution in [0.1, 0.15) is 37.1 Å². The van der Waals surface area contributed by atoms with E-state index in [2.05, 4.69) is 38.1 Å². The third kappa shape index (κ3) is 4.91. The second-order valence-corrected chi connectivity index (χ2v) is 7.07. The van der Waals surface area contributed by atoms with Crippen molar-refractivity contribution in [3.63, 3.8) is 0 Å². The highest BCUT2D eigenvalue weighted by atomic mass is 35.5. The number of halogens is 1. The average Bonchev–Trinajstić information content (AvgIpc) is 3.00. The van der Waals surface area contributed by atoms with Crippen molar-refractivity contribution in [3.8, 4) is 5.69 Å². The molecule has 5 nitrogen and oxygen atoms in total. The zero-order chi connectivity index (χ0) is 19.2. The zero-order valence-corrected chi connectivity index (χ0v) is 17.6. The van der Waals surface area contributed by atoms with Gasteiger partial charge in [-0.25, -0.2) is 4.79 Å². The highest BCUT2D eigenvalue weighted by Gasteiger charge is 2.22. The van der Waals surface area contributed by atoms with Gasteiger partial charge in [0, 0.05) is 12.5 Å². The number of hydrogen-bond donors (Lipinski definition) is 0. The summed E-state index contributed by atoms with van der Waals surface area (Å²) in [5.74, 6) is 0.944. The van der Waals surface area contributed by atoms with Crippen LogP contribution in [-0.2, 0) is 6.54 Å². The van der Waals surface area contributed by atoms with Gasteiger partial charge in [0.25, 0.3) is 0 Å². The third-order valence-electron chi connectivity index (χ3n) is 4.80. The van der Waals surface area contributed by atoms with Gasteiger partial charge in [0.1, 0.15) is 5.82 Å². The molecule has 150 valence electrons. The summed E-state index contributed by atoms with van der Waals surface area (Å²) < 4.78 is 3.40. The van der Waals surface area contributed by atoms with E-state index in [0.29, 0.717) is 6.54 Å². The van der Waals surface area contributed by atoms with E-state index in [9.17, 15) is 4.79 Å². The molecule has 0 saturated carbocycles. The lowest BCUT2D eigenvalue weighted by Crippen LogP contribution is -2.26. The van der Waals surface area contributed by atoms with Crippen LogP contribution < -0.4 is 5.69 Å². The van der Waals surface area contributed by atoms with Gasteiger partial charge in [0.05, 0.1) is 5.69 Å². The molecule has 0 N–H and O–H groups in total. The molecular formula is C22H29ClN4O. The van der Waals surface area contributed by atoms with E-state index in [0.717, 1.165) is 30.9 Å². The Labute approximate surface area is 173 Å². The first-order chi connectivity index (χ1) is 13.1. The van der Waals surface area contributed by atoms with Crippen molar-refractivity contribution in [2.24, 2.45) is 0 Å². The van der Waals surface area contributed by atoms with E-state index in [1.807, 2.05) is 53.1 Å². The van der Waals surface area contributed by atoms with Crippen LogP contribution in [0.2, 0.25) is 0 Å². The largest absolute Gasteiger partial charge is 0.350 e. The number of benzene rings is 2. The molecule has 28 heavy (non-hydrogen) atoms. The number of rotatable bonds is 8. The molecule has 1 aromatic heterocycles. The van der Waals surface area contributed by atoms with Crippen LogP contribution in [0, 0.1) is 0 Å². The van der Waals surface area contributed by atoms with Crippen LogP contribution in [0.15, 0.2) is 65.5 Å². The molecule has 3 aromatic rings. The molecule has 0 aliphatic carbocycles. The molecule has 0 aliphatic rings. The van der Waals surface area contributed by atoms with Gasteiger partial charge >= 0.3 is 5.69 Å². The van der Waals surface area contributed by atoms with Gasteiger partial charge in [0.15, 0.2) is 0 Å². The highest BCUT2D eigenvalue weighted by Crippen LogP contribution is 2.26. The zero-order valence-electron chi connectivity index (χ0n) is 16.8. The minimum absolute atomic E-state index is 0. The van der Waals surface area contributed by atoms with Gasteiger partial charge in [-0.05, 0) is 51.2 Å². The van der Waals surface area contributed by atoms with Gasteiger partial charge in [0.2, 0.25) is 0 Å². The molecule has 1 unspecified atom stereocenters. The van der Waals surface area contributed by atoms with Gasteiger partial charge in [-0.3, -0.25) is 4.57 Å². The molecule has 0 radical (unpaired) electrons. The minimum Gasteiger partial charge on any atom is -0.309 e. The molecule has 0 aliphatic heterocycles. The molecule has 0 spiro atoms. The molecule has 1 heterocycles. The van der Waals surface area contributed by atoms with Crippen molar-refractivity contribution < 1.29 is 0 Å². The second-order valence-electron chi connectivity index (χ2n) is 7.07. The Hall–Kier alpha value is -2.37. The van der Waals surface area contributed by atoms with E-state index < -0.39 is 0 Å². The van der Waals surface area contributed by atoms with Gasteiger partial charge in [-0.2, -0.15) is 4.68 Å². The van der Waals surface area contributed by atoms with E-state index in [1.54, 1.807) is 0 Å². The monoisotopic (exact) mass is 400 g/mol. The lowest BCUT2D eigenvalue weighted by Gasteiger charge is -2.16. The van der Waals surface area contributed by atoms with Crippen molar-refractivity contribution >= 4 is 12.4 Å². The summed E-state index contributed by atoms with van der Waals surface area (Å²) in [5.41, 5.74) is 1.93. The second kappa shape index (κ2) is 10.2. The van der Waals surface area contributed by atoms with Crippen molar-refractivity contribution in [3.05, 3.63) is 82.5 Å². The maximum atomic E-state index is 13.2. The number of aromatic nitrogens is 3. The van der Waals surface area contributed by atoms with Gasteiger partial charge < -0.3 is 4.90 Å². The Balaban J connectivity index is 0.00000280. The summed E-state index contributed by atoms with van der Waals surface area (Å²) in [6.07, 6.45) is 1.80. The highest BCUT2D eigenvalue weighted by molar-refractivity contribution is 5.85. The fraction of sp³-hybridized carbons (Fsp3) is 0.364. The van der Waals surface area contributed by atoms with Crippen LogP contribution >= 0.6 is 12.4 Å². The fourth-order valence-corrected chi connectivity index (χ4v) is 3.41. The van der Waals surface area contributed by atoms with Crippen LogP contribution in [0.5, 0.6) is 0 Å². The quantitative estimate of drug-likeness (QED) is 0.575. The average molecular weight is 401 g/mol. The van der Waals surface area contributed by atoms with Crippen LogP contribution in [0.3, 0.4) is 0 Å². The number of para-hydroxylation sites is 1. The van der Waals surface area contributed by atoms with Gasteiger partial charge in [-0.15, -0.1) is 17.5 Å². The summed E-state index contributed by atoms with van der Waals surface area (Å²) in [6, 6.07) is 20.0. The van der Waals surface area contributed by atoms with Crippen LogP contribution in [-0.4, -0.2) is 39.9 Å². The molecule has 3 rings (SSSR count). The van der Waals surface area contributed by atoms with E-state index in [4.69, 9.17) is 5.10 Å². The lowest BCUT2D eigenvalue weighted by atomic mass is 9.95. The smallest absolute Gasteiger partial charge is 0.309 e. The first kappa shape index (κ1) is 21.9. The summed E-state index contributed by atoms with van der Waals surface area (Å²) >= 11 is 0. The summed E-state index contributed by atoms with van der Waals surface area (Å²) in [4.78, 5) is 15.3. The Bertz CT molecular complexity index is 903. The minimum atomic E-state index is -0.0654. The normalized spacial score (nSPS) is 12.0. The lowest BCUT2D eigenvalue weighted by molar-refractivity contribution is 0.382. The van der Waals surface area contributed by atoms with Crippen LogP contribution in [0.25, 0.3) is 5.69 Å². The number of hydrogen-bond acceptors (Lipinski definition) is 3. The first-order valence-corrected chi connectivity index (χ1v) is 9.56. The molecule has 6 heteroatoms. The number of nitrogens with zero attached hydrogens (tertiary/aromatic N) is 4. The van der Waals surface area contributed by atoms with Crippen molar-refractivity contribution in [2.45, 2.75) is 32.2 Å². The molecular weight excluding hydrogens is 372 g/mol. The molecule has 0 amide bonds. The SMILES string of the molecule is CCC(c1ccccc1)c1nn(-c2ccccc2)c(=O)n1CCCN(C)C.Cl. The Morgan fingerprint density at radius 3 is 2.18 bits per heavy atom. The standard InChI is InChI=1S/C22H28N4O.ClH/c1-4-20(18-12-7-5-8-13-18)21-23-26(19-14-9-6-10-15-19)22(27)25(21)17-11-16-24(2)3;/h5-10,12-15,20H,4,11,16-17H2,1-3H3;1H. The van der Waals surface area contributed by atoms with Crippen LogP contribution in [0.4, 0.5) is 0 Å². The molecule has 0 fully saturated rings. The maximum absolute atomic E-state index is 13.2. The Morgan fingerprint density at radius 1 is 1.00 bits per heavy atom. The Kier molecular flexibility index (Phi) is 8.03. The van der Waals surface area contributed by atoms with E-state index in [1.165, 1.54) is 10.2 Å². The maximum Gasteiger partial charge on any atom is 0.350 e. The molecule has 1 atom stereocenters. The van der Waals surface area contributed by atoms with E-state index in [-0.39, 0.29) is 24.0 Å². The van der Waals surface area contributed by atoms with Crippen molar-refractivity contribution in [1.29, 1.82) is 0 Å².